The van der Waals surface area contributed by atoms with Crippen LogP contribution in [0.4, 0.5) is 20.2 Å². The molecule has 1 heterocycles. The van der Waals surface area contributed by atoms with Crippen molar-refractivity contribution < 1.29 is 8.78 Å². The number of hydrogen-bond acceptors (Lipinski definition) is 4. The fraction of sp³-hybridized carbons (Fsp3) is 0. The second-order valence-electron chi connectivity index (χ2n) is 3.78. The van der Waals surface area contributed by atoms with E-state index in [0.717, 1.165) is 18.3 Å². The molecule has 0 aliphatic heterocycles. The average Bonchev–Trinajstić information content (AvgIpc) is 2.41. The van der Waals surface area contributed by atoms with Gasteiger partial charge in [-0.2, -0.15) is 5.26 Å². The fourth-order valence-electron chi connectivity index (χ4n) is 1.48. The van der Waals surface area contributed by atoms with Gasteiger partial charge in [0, 0.05) is 18.0 Å². The minimum atomic E-state index is -0.681. The van der Waals surface area contributed by atoms with Crippen LogP contribution in [0.5, 0.6) is 0 Å². The Kier molecular flexibility index (Phi) is 3.91. The Morgan fingerprint density at radius 1 is 1.35 bits per heavy atom. The van der Waals surface area contributed by atoms with Crippen molar-refractivity contribution in [1.29, 1.82) is 5.26 Å². The highest BCUT2D eigenvalue weighted by atomic mass is 35.5. The quantitative estimate of drug-likeness (QED) is 0.864. The average molecular weight is 293 g/mol. The predicted molar refractivity (Wildman–Crippen MR) is 72.0 cm³/mol. The highest BCUT2D eigenvalue weighted by molar-refractivity contribution is 6.33. The molecule has 0 bridgehead atoms. The number of aromatic nitrogens is 1. The van der Waals surface area contributed by atoms with Crippen molar-refractivity contribution in [3.05, 3.63) is 52.3 Å². The minimum Gasteiger partial charge on any atom is -0.396 e. The smallest absolute Gasteiger partial charge is 0.164 e. The third-order valence-corrected chi connectivity index (χ3v) is 2.74. The molecule has 0 saturated heterocycles. The zero-order valence-electron chi connectivity index (χ0n) is 9.94. The summed E-state index contributed by atoms with van der Waals surface area (Å²) >= 11 is 5.82. The number of nitriles is 1. The lowest BCUT2D eigenvalue weighted by Crippen LogP contribution is -1.98. The van der Waals surface area contributed by atoms with Crippen LogP contribution in [0.2, 0.25) is 5.02 Å². The topological polar surface area (TPSA) is 75.1 Å². The molecule has 0 spiro atoms. The molecule has 4 nitrogen and oxygen atoms in total. The van der Waals surface area contributed by atoms with Gasteiger partial charge >= 0.3 is 0 Å². The molecular weight excluding hydrogens is 286 g/mol. The van der Waals surface area contributed by atoms with Crippen molar-refractivity contribution in [3.63, 3.8) is 0 Å². The largest absolute Gasteiger partial charge is 0.396 e. The monoisotopic (exact) mass is 292 g/mol. The molecule has 7 heteroatoms. The first-order valence-corrected chi connectivity index (χ1v) is 5.73. The van der Waals surface area contributed by atoms with E-state index in [1.54, 1.807) is 6.07 Å². The Hall–Kier alpha value is -2.52. The van der Waals surface area contributed by atoms with Crippen molar-refractivity contribution in [2.45, 2.75) is 0 Å². The third-order valence-electron chi connectivity index (χ3n) is 2.45. The van der Waals surface area contributed by atoms with E-state index in [4.69, 9.17) is 22.6 Å². The van der Waals surface area contributed by atoms with E-state index in [1.807, 2.05) is 0 Å². The molecule has 0 atom stereocenters. The van der Waals surface area contributed by atoms with Gasteiger partial charge in [0.2, 0.25) is 0 Å². The summed E-state index contributed by atoms with van der Waals surface area (Å²) in [6, 6.07) is 3.82. The molecule has 0 saturated carbocycles. The SMILES string of the molecule is N#Cc1cc(F)cc(Cl)c1N=Cc1cncc(F)c1N. The van der Waals surface area contributed by atoms with Gasteiger partial charge in [-0.1, -0.05) is 11.6 Å². The van der Waals surface area contributed by atoms with Crippen molar-refractivity contribution in [2.75, 3.05) is 5.73 Å². The molecule has 2 rings (SSSR count). The normalized spacial score (nSPS) is 10.7. The molecule has 20 heavy (non-hydrogen) atoms. The van der Waals surface area contributed by atoms with E-state index in [-0.39, 0.29) is 27.5 Å². The summed E-state index contributed by atoms with van der Waals surface area (Å²) in [6.45, 7) is 0. The van der Waals surface area contributed by atoms with Gasteiger partial charge in [0.05, 0.1) is 28.2 Å². The van der Waals surface area contributed by atoms with Gasteiger partial charge in [-0.05, 0) is 12.1 Å². The molecule has 0 aliphatic carbocycles. The highest BCUT2D eigenvalue weighted by Gasteiger charge is 2.09. The Morgan fingerprint density at radius 2 is 2.10 bits per heavy atom. The van der Waals surface area contributed by atoms with Crippen LogP contribution >= 0.6 is 11.6 Å². The van der Waals surface area contributed by atoms with E-state index in [0.29, 0.717) is 0 Å². The standard InChI is InChI=1S/C13H7ClF2N4/c14-10-2-9(15)1-7(3-17)13(10)20-5-8-4-19-6-11(16)12(8)18/h1-2,4-6H,(H2,18,19). The van der Waals surface area contributed by atoms with Crippen LogP contribution in [0.15, 0.2) is 29.5 Å². The Balaban J connectivity index is 2.47. The van der Waals surface area contributed by atoms with E-state index in [1.165, 1.54) is 12.4 Å². The molecule has 100 valence electrons. The van der Waals surface area contributed by atoms with Gasteiger partial charge in [-0.3, -0.25) is 9.98 Å². The first-order chi connectivity index (χ1) is 9.52. The summed E-state index contributed by atoms with van der Waals surface area (Å²) < 4.78 is 26.3. The summed E-state index contributed by atoms with van der Waals surface area (Å²) in [5.41, 5.74) is 5.67. The molecule has 0 amide bonds. The van der Waals surface area contributed by atoms with Gasteiger partial charge in [0.25, 0.3) is 0 Å². The van der Waals surface area contributed by atoms with Gasteiger partial charge < -0.3 is 5.73 Å². The van der Waals surface area contributed by atoms with Crippen LogP contribution in [0.1, 0.15) is 11.1 Å². The number of pyridine rings is 1. The first kappa shape index (κ1) is 13.9. The molecule has 2 aromatic rings. The summed E-state index contributed by atoms with van der Waals surface area (Å²) in [4.78, 5) is 7.59. The Bertz CT molecular complexity index is 738. The number of hydrogen-bond donors (Lipinski definition) is 1. The Labute approximate surface area is 118 Å². The van der Waals surface area contributed by atoms with E-state index >= 15 is 0 Å². The number of nitrogens with two attached hydrogens (primary N) is 1. The lowest BCUT2D eigenvalue weighted by molar-refractivity contribution is 0.626. The zero-order chi connectivity index (χ0) is 14.7. The van der Waals surface area contributed by atoms with Gasteiger partial charge in [-0.15, -0.1) is 0 Å². The van der Waals surface area contributed by atoms with Crippen molar-refractivity contribution in [2.24, 2.45) is 4.99 Å². The third kappa shape index (κ3) is 2.73. The van der Waals surface area contributed by atoms with Crippen LogP contribution in [0, 0.1) is 23.0 Å². The lowest BCUT2D eigenvalue weighted by atomic mass is 10.2. The second kappa shape index (κ2) is 5.63. The summed E-state index contributed by atoms with van der Waals surface area (Å²) in [5, 5.41) is 8.89. The van der Waals surface area contributed by atoms with E-state index < -0.39 is 11.6 Å². The van der Waals surface area contributed by atoms with Crippen LogP contribution in [-0.2, 0) is 0 Å². The maximum absolute atomic E-state index is 13.2. The van der Waals surface area contributed by atoms with Crippen LogP contribution in [0.3, 0.4) is 0 Å². The van der Waals surface area contributed by atoms with Crippen molar-refractivity contribution in [3.8, 4) is 6.07 Å². The van der Waals surface area contributed by atoms with Crippen LogP contribution < -0.4 is 5.73 Å². The molecular formula is C13H7ClF2N4. The lowest BCUT2D eigenvalue weighted by Gasteiger charge is -2.03. The minimum absolute atomic E-state index is 0.0271. The molecule has 2 N–H and O–H groups in total. The number of anilines is 1. The van der Waals surface area contributed by atoms with Crippen LogP contribution in [-0.4, -0.2) is 11.2 Å². The molecule has 0 fully saturated rings. The highest BCUT2D eigenvalue weighted by Crippen LogP contribution is 2.30. The maximum Gasteiger partial charge on any atom is 0.164 e. The molecule has 0 unspecified atom stereocenters. The maximum atomic E-state index is 13.2. The van der Waals surface area contributed by atoms with Gasteiger partial charge in [-0.25, -0.2) is 8.78 Å². The number of nitrogens with zero attached hydrogens (tertiary/aromatic N) is 3. The van der Waals surface area contributed by atoms with Gasteiger partial charge in [0.15, 0.2) is 5.82 Å². The molecule has 0 aliphatic rings. The zero-order valence-corrected chi connectivity index (χ0v) is 10.7. The van der Waals surface area contributed by atoms with Gasteiger partial charge in [0.1, 0.15) is 11.9 Å². The number of nitrogen functional groups attached to an aromatic ring is 1. The summed E-state index contributed by atoms with van der Waals surface area (Å²) in [5.74, 6) is -1.32. The summed E-state index contributed by atoms with van der Waals surface area (Å²) in [6.07, 6.45) is 3.50. The molecule has 1 aromatic heterocycles. The van der Waals surface area contributed by atoms with E-state index in [9.17, 15) is 8.78 Å². The Morgan fingerprint density at radius 3 is 2.80 bits per heavy atom. The number of benzene rings is 1. The van der Waals surface area contributed by atoms with Crippen molar-refractivity contribution in [1.82, 2.24) is 4.98 Å². The number of rotatable bonds is 2. The fourth-order valence-corrected chi connectivity index (χ4v) is 1.73. The first-order valence-electron chi connectivity index (χ1n) is 5.35. The molecule has 0 radical (unpaired) electrons. The summed E-state index contributed by atoms with van der Waals surface area (Å²) in [7, 11) is 0. The second-order valence-corrected chi connectivity index (χ2v) is 4.19. The predicted octanol–water partition coefficient (Wildman–Crippen LogP) is 3.22. The number of halogens is 3. The van der Waals surface area contributed by atoms with E-state index in [2.05, 4.69) is 9.98 Å². The van der Waals surface area contributed by atoms with Crippen molar-refractivity contribution >= 4 is 29.2 Å². The van der Waals surface area contributed by atoms with Crippen LogP contribution in [0.25, 0.3) is 0 Å². The number of aliphatic imine (C=N–C) groups is 1. The molecule has 1 aromatic carbocycles.